The zero-order valence-electron chi connectivity index (χ0n) is 12.8. The molecule has 2 aromatic carbocycles. The largest absolute Gasteiger partial charge is 0.490 e. The number of anilines is 1. The number of nitrogens with two attached hydrogens (primary N) is 1. The van der Waals surface area contributed by atoms with Gasteiger partial charge in [0.1, 0.15) is 18.5 Å². The van der Waals surface area contributed by atoms with Crippen molar-refractivity contribution < 1.29 is 9.84 Å². The van der Waals surface area contributed by atoms with Crippen LogP contribution in [-0.2, 0) is 0 Å². The van der Waals surface area contributed by atoms with Gasteiger partial charge in [0, 0.05) is 11.3 Å². The topological polar surface area (TPSA) is 55.5 Å². The first-order valence-corrected chi connectivity index (χ1v) is 7.25. The van der Waals surface area contributed by atoms with Crippen LogP contribution >= 0.6 is 0 Å². The zero-order valence-corrected chi connectivity index (χ0v) is 12.8. The molecule has 1 atom stereocenters. The maximum atomic E-state index is 10.3. The maximum Gasteiger partial charge on any atom is 0.123 e. The average Bonchev–Trinajstić information content (AvgIpc) is 2.45. The average molecular weight is 285 g/mol. The van der Waals surface area contributed by atoms with E-state index in [0.29, 0.717) is 17.2 Å². The Labute approximate surface area is 126 Å². The van der Waals surface area contributed by atoms with Gasteiger partial charge in [-0.15, -0.1) is 0 Å². The lowest BCUT2D eigenvalue weighted by Crippen LogP contribution is -2.12. The second-order valence-electron chi connectivity index (χ2n) is 5.65. The van der Waals surface area contributed by atoms with E-state index in [0.717, 1.165) is 16.9 Å². The van der Waals surface area contributed by atoms with Crippen LogP contribution in [0.2, 0.25) is 0 Å². The smallest absolute Gasteiger partial charge is 0.123 e. The van der Waals surface area contributed by atoms with Crippen molar-refractivity contribution in [2.24, 2.45) is 0 Å². The molecule has 0 heterocycles. The van der Waals surface area contributed by atoms with Crippen LogP contribution in [-0.4, -0.2) is 11.7 Å². The Morgan fingerprint density at radius 1 is 1.10 bits per heavy atom. The van der Waals surface area contributed by atoms with Crippen molar-refractivity contribution in [1.82, 2.24) is 0 Å². The van der Waals surface area contributed by atoms with Crippen molar-refractivity contribution in [1.29, 1.82) is 0 Å². The van der Waals surface area contributed by atoms with Crippen LogP contribution in [0.1, 0.15) is 42.6 Å². The van der Waals surface area contributed by atoms with Crippen LogP contribution in [0.5, 0.6) is 5.75 Å². The number of aryl methyl sites for hydroxylation is 1. The number of hydrogen-bond donors (Lipinski definition) is 2. The number of rotatable bonds is 5. The van der Waals surface area contributed by atoms with Gasteiger partial charge in [-0.2, -0.15) is 0 Å². The normalized spacial score (nSPS) is 12.4. The van der Waals surface area contributed by atoms with Crippen molar-refractivity contribution in [2.75, 3.05) is 12.3 Å². The Morgan fingerprint density at radius 3 is 2.48 bits per heavy atom. The molecule has 0 aliphatic carbocycles. The minimum absolute atomic E-state index is 0.192. The van der Waals surface area contributed by atoms with E-state index < -0.39 is 6.10 Å². The van der Waals surface area contributed by atoms with E-state index in [4.69, 9.17) is 10.5 Å². The van der Waals surface area contributed by atoms with Crippen molar-refractivity contribution in [2.45, 2.75) is 32.8 Å². The molecule has 0 saturated heterocycles. The minimum Gasteiger partial charge on any atom is -0.490 e. The number of aliphatic hydroxyl groups excluding tert-OH is 1. The van der Waals surface area contributed by atoms with Crippen LogP contribution in [0.15, 0.2) is 42.5 Å². The number of hydrogen-bond acceptors (Lipinski definition) is 3. The monoisotopic (exact) mass is 285 g/mol. The van der Waals surface area contributed by atoms with Gasteiger partial charge in [0.25, 0.3) is 0 Å². The lowest BCUT2D eigenvalue weighted by molar-refractivity contribution is 0.108. The minimum atomic E-state index is -0.730. The molecule has 0 radical (unpaired) electrons. The van der Waals surface area contributed by atoms with Gasteiger partial charge in [-0.3, -0.25) is 0 Å². The fraction of sp³-hybridized carbons (Fsp3) is 0.333. The Kier molecular flexibility index (Phi) is 4.86. The summed E-state index contributed by atoms with van der Waals surface area (Å²) >= 11 is 0. The summed E-state index contributed by atoms with van der Waals surface area (Å²) in [5.74, 6) is 1.21. The Morgan fingerprint density at radius 2 is 1.81 bits per heavy atom. The summed E-state index contributed by atoms with van der Waals surface area (Å²) in [6, 6.07) is 13.5. The maximum absolute atomic E-state index is 10.3. The van der Waals surface area contributed by atoms with E-state index in [1.807, 2.05) is 31.2 Å². The highest BCUT2D eigenvalue weighted by Crippen LogP contribution is 2.29. The van der Waals surface area contributed by atoms with Crippen molar-refractivity contribution >= 4 is 5.69 Å². The molecule has 0 aromatic heterocycles. The van der Waals surface area contributed by atoms with Gasteiger partial charge in [0.15, 0.2) is 0 Å². The van der Waals surface area contributed by atoms with Gasteiger partial charge in [-0.25, -0.2) is 0 Å². The highest BCUT2D eigenvalue weighted by atomic mass is 16.5. The summed E-state index contributed by atoms with van der Waals surface area (Å²) in [5, 5.41) is 10.3. The van der Waals surface area contributed by atoms with E-state index in [2.05, 4.69) is 26.0 Å². The van der Waals surface area contributed by atoms with E-state index in [-0.39, 0.29) is 6.61 Å². The molecule has 21 heavy (non-hydrogen) atoms. The molecule has 0 fully saturated rings. The van der Waals surface area contributed by atoms with Crippen LogP contribution in [0.4, 0.5) is 5.69 Å². The number of aliphatic hydroxyl groups is 1. The molecule has 0 aliphatic heterocycles. The van der Waals surface area contributed by atoms with Crippen molar-refractivity contribution in [3.05, 3.63) is 59.2 Å². The zero-order chi connectivity index (χ0) is 15.4. The summed E-state index contributed by atoms with van der Waals surface area (Å²) in [5.41, 5.74) is 9.46. The fourth-order valence-electron chi connectivity index (χ4n) is 2.32. The van der Waals surface area contributed by atoms with Crippen molar-refractivity contribution in [3.8, 4) is 5.75 Å². The molecule has 0 saturated carbocycles. The molecular weight excluding hydrogens is 262 g/mol. The van der Waals surface area contributed by atoms with Gasteiger partial charge in [0.2, 0.25) is 0 Å². The second kappa shape index (κ2) is 6.64. The number of nitrogen functional groups attached to an aromatic ring is 1. The summed E-state index contributed by atoms with van der Waals surface area (Å²) in [4.78, 5) is 0. The first-order chi connectivity index (χ1) is 9.99. The molecule has 0 bridgehead atoms. The number of para-hydroxylation sites is 1. The number of benzene rings is 2. The standard InChI is InChI=1S/C18H23NO2/c1-12(2)14-9-8-13(3)10-18(14)21-11-17(20)15-6-4-5-7-16(15)19/h4-10,12,17,20H,11,19H2,1-3H3. The Balaban J connectivity index is 2.13. The van der Waals surface area contributed by atoms with Crippen molar-refractivity contribution in [3.63, 3.8) is 0 Å². The first kappa shape index (κ1) is 15.4. The third-order valence-corrected chi connectivity index (χ3v) is 3.54. The molecule has 112 valence electrons. The molecule has 2 aromatic rings. The molecule has 0 aliphatic rings. The molecule has 3 nitrogen and oxygen atoms in total. The molecule has 2 rings (SSSR count). The highest BCUT2D eigenvalue weighted by Gasteiger charge is 2.14. The molecule has 3 N–H and O–H groups in total. The van der Waals surface area contributed by atoms with Gasteiger partial charge in [-0.05, 0) is 36.1 Å². The first-order valence-electron chi connectivity index (χ1n) is 7.25. The molecule has 1 unspecified atom stereocenters. The summed E-state index contributed by atoms with van der Waals surface area (Å²) in [6.45, 7) is 6.48. The van der Waals surface area contributed by atoms with E-state index in [1.54, 1.807) is 6.07 Å². The predicted octanol–water partition coefficient (Wildman–Crippen LogP) is 3.81. The van der Waals surface area contributed by atoms with Crippen LogP contribution in [0.3, 0.4) is 0 Å². The van der Waals surface area contributed by atoms with Gasteiger partial charge < -0.3 is 15.6 Å². The third kappa shape index (κ3) is 3.76. The summed E-state index contributed by atoms with van der Waals surface area (Å²) in [6.07, 6.45) is -0.730. The van der Waals surface area contributed by atoms with E-state index in [9.17, 15) is 5.11 Å². The fourth-order valence-corrected chi connectivity index (χ4v) is 2.32. The summed E-state index contributed by atoms with van der Waals surface area (Å²) < 4.78 is 5.84. The highest BCUT2D eigenvalue weighted by molar-refractivity contribution is 5.47. The summed E-state index contributed by atoms with van der Waals surface area (Å²) in [7, 11) is 0. The van der Waals surface area contributed by atoms with Gasteiger partial charge in [0.05, 0.1) is 0 Å². The molecule has 0 amide bonds. The molecule has 3 heteroatoms. The molecular formula is C18H23NO2. The Hall–Kier alpha value is -2.00. The molecule has 0 spiro atoms. The number of ether oxygens (including phenoxy) is 1. The van der Waals surface area contributed by atoms with E-state index in [1.165, 1.54) is 0 Å². The second-order valence-corrected chi connectivity index (χ2v) is 5.65. The SMILES string of the molecule is Cc1ccc(C(C)C)c(OCC(O)c2ccccc2N)c1. The Bertz CT molecular complexity index is 608. The van der Waals surface area contributed by atoms with Gasteiger partial charge >= 0.3 is 0 Å². The van der Waals surface area contributed by atoms with Crippen LogP contribution in [0.25, 0.3) is 0 Å². The lowest BCUT2D eigenvalue weighted by atomic mass is 10.0. The van der Waals surface area contributed by atoms with Gasteiger partial charge in [-0.1, -0.05) is 44.2 Å². The third-order valence-electron chi connectivity index (χ3n) is 3.54. The van der Waals surface area contributed by atoms with E-state index >= 15 is 0 Å². The predicted molar refractivity (Wildman–Crippen MR) is 86.6 cm³/mol. The lowest BCUT2D eigenvalue weighted by Gasteiger charge is -2.18. The van der Waals surface area contributed by atoms with Crippen LogP contribution < -0.4 is 10.5 Å². The van der Waals surface area contributed by atoms with Crippen LogP contribution in [0, 0.1) is 6.92 Å². The quantitative estimate of drug-likeness (QED) is 0.821.